The number of nitrogens with one attached hydrogen (secondary N) is 2. The number of benzene rings is 1. The van der Waals surface area contributed by atoms with Crippen molar-refractivity contribution in [3.8, 4) is 0 Å². The quantitative estimate of drug-likeness (QED) is 0.709. The van der Waals surface area contributed by atoms with E-state index in [2.05, 4.69) is 34.6 Å². The second kappa shape index (κ2) is 4.47. The van der Waals surface area contributed by atoms with Gasteiger partial charge in [-0.15, -0.1) is 0 Å². The Hall–Kier alpha value is -1.32. The average molecular weight is 204 g/mol. The van der Waals surface area contributed by atoms with Gasteiger partial charge in [0, 0.05) is 24.3 Å². The molecule has 80 valence electrons. The molecule has 3 N–H and O–H groups in total. The van der Waals surface area contributed by atoms with Crippen LogP contribution >= 0.6 is 0 Å². The molecule has 1 atom stereocenters. The van der Waals surface area contributed by atoms with Crippen LogP contribution in [0.15, 0.2) is 30.5 Å². The summed E-state index contributed by atoms with van der Waals surface area (Å²) >= 11 is 0. The zero-order chi connectivity index (χ0) is 10.7. The van der Waals surface area contributed by atoms with Gasteiger partial charge >= 0.3 is 0 Å². The second-order valence-corrected chi connectivity index (χ2v) is 3.86. The first-order valence-electron chi connectivity index (χ1n) is 5.20. The molecule has 3 nitrogen and oxygen atoms in total. The third-order valence-corrected chi connectivity index (χ3v) is 2.55. The standard InChI is InChI=1S/C12H16N2O/c1-9(8-15)14-7-10-2-3-12-11(6-10)4-5-13-12/h2-6,9,13-15H,7-8H2,1H3. The Morgan fingerprint density at radius 1 is 1.40 bits per heavy atom. The summed E-state index contributed by atoms with van der Waals surface area (Å²) in [5.74, 6) is 0. The first kappa shape index (κ1) is 10.2. The van der Waals surface area contributed by atoms with Crippen molar-refractivity contribution in [1.29, 1.82) is 0 Å². The molecule has 0 aliphatic rings. The van der Waals surface area contributed by atoms with E-state index in [0.29, 0.717) is 0 Å². The van der Waals surface area contributed by atoms with Crippen molar-refractivity contribution >= 4 is 10.9 Å². The summed E-state index contributed by atoms with van der Waals surface area (Å²) in [4.78, 5) is 3.16. The number of aromatic nitrogens is 1. The SMILES string of the molecule is CC(CO)NCc1ccc2[nH]ccc2c1. The molecule has 0 aliphatic carbocycles. The van der Waals surface area contributed by atoms with E-state index in [-0.39, 0.29) is 12.6 Å². The Morgan fingerprint density at radius 2 is 2.27 bits per heavy atom. The molecule has 1 aromatic heterocycles. The molecule has 0 saturated carbocycles. The van der Waals surface area contributed by atoms with Crippen molar-refractivity contribution in [2.45, 2.75) is 19.5 Å². The smallest absolute Gasteiger partial charge is 0.0582 e. The fourth-order valence-corrected chi connectivity index (χ4v) is 1.57. The Kier molecular flexibility index (Phi) is 3.04. The molecule has 0 amide bonds. The van der Waals surface area contributed by atoms with Gasteiger partial charge in [0.05, 0.1) is 6.61 Å². The topological polar surface area (TPSA) is 48.0 Å². The maximum absolute atomic E-state index is 8.88. The molecule has 2 aromatic rings. The lowest BCUT2D eigenvalue weighted by Crippen LogP contribution is -2.28. The number of aromatic amines is 1. The largest absolute Gasteiger partial charge is 0.395 e. The van der Waals surface area contributed by atoms with E-state index in [1.165, 1.54) is 10.9 Å². The van der Waals surface area contributed by atoms with Gasteiger partial charge in [0.2, 0.25) is 0 Å². The minimum Gasteiger partial charge on any atom is -0.395 e. The molecule has 1 aromatic carbocycles. The zero-order valence-electron chi connectivity index (χ0n) is 8.83. The average Bonchev–Trinajstić information content (AvgIpc) is 2.72. The fraction of sp³-hybridized carbons (Fsp3) is 0.333. The van der Waals surface area contributed by atoms with Crippen molar-refractivity contribution in [2.24, 2.45) is 0 Å². The number of H-pyrrole nitrogens is 1. The molecule has 0 saturated heterocycles. The molecular formula is C12H16N2O. The molecule has 3 heteroatoms. The molecule has 0 spiro atoms. The maximum Gasteiger partial charge on any atom is 0.0582 e. The minimum atomic E-state index is 0.145. The summed E-state index contributed by atoms with van der Waals surface area (Å²) in [6.07, 6.45) is 1.94. The van der Waals surface area contributed by atoms with E-state index < -0.39 is 0 Å². The van der Waals surface area contributed by atoms with E-state index in [1.807, 2.05) is 13.1 Å². The van der Waals surface area contributed by atoms with Crippen LogP contribution in [0.2, 0.25) is 0 Å². The van der Waals surface area contributed by atoms with Gasteiger partial charge in [0.15, 0.2) is 0 Å². The van der Waals surface area contributed by atoms with E-state index in [9.17, 15) is 0 Å². The van der Waals surface area contributed by atoms with Gasteiger partial charge in [-0.1, -0.05) is 6.07 Å². The molecule has 0 radical (unpaired) electrons. The number of aliphatic hydroxyl groups is 1. The zero-order valence-corrected chi connectivity index (χ0v) is 8.83. The first-order valence-corrected chi connectivity index (χ1v) is 5.20. The third-order valence-electron chi connectivity index (χ3n) is 2.55. The highest BCUT2D eigenvalue weighted by atomic mass is 16.3. The Morgan fingerprint density at radius 3 is 3.07 bits per heavy atom. The second-order valence-electron chi connectivity index (χ2n) is 3.86. The minimum absolute atomic E-state index is 0.145. The predicted molar refractivity (Wildman–Crippen MR) is 61.7 cm³/mol. The van der Waals surface area contributed by atoms with Gasteiger partial charge in [0.1, 0.15) is 0 Å². The number of fused-ring (bicyclic) bond motifs is 1. The molecule has 1 unspecified atom stereocenters. The van der Waals surface area contributed by atoms with Gasteiger partial charge < -0.3 is 15.4 Å². The van der Waals surface area contributed by atoms with Gasteiger partial charge in [-0.25, -0.2) is 0 Å². The van der Waals surface area contributed by atoms with Crippen LogP contribution in [0.3, 0.4) is 0 Å². The lowest BCUT2D eigenvalue weighted by molar-refractivity contribution is 0.251. The van der Waals surface area contributed by atoms with Crippen LogP contribution in [-0.2, 0) is 6.54 Å². The van der Waals surface area contributed by atoms with Crippen LogP contribution in [0.25, 0.3) is 10.9 Å². The van der Waals surface area contributed by atoms with Crippen molar-refractivity contribution in [1.82, 2.24) is 10.3 Å². The highest BCUT2D eigenvalue weighted by molar-refractivity contribution is 5.79. The molecule has 0 bridgehead atoms. The van der Waals surface area contributed by atoms with Crippen LogP contribution in [-0.4, -0.2) is 22.7 Å². The van der Waals surface area contributed by atoms with Crippen molar-refractivity contribution in [3.05, 3.63) is 36.0 Å². The number of aliphatic hydroxyl groups excluding tert-OH is 1. The summed E-state index contributed by atoms with van der Waals surface area (Å²) in [7, 11) is 0. The van der Waals surface area contributed by atoms with E-state index >= 15 is 0 Å². The summed E-state index contributed by atoms with van der Waals surface area (Å²) < 4.78 is 0. The lowest BCUT2D eigenvalue weighted by Gasteiger charge is -2.10. The van der Waals surface area contributed by atoms with Crippen molar-refractivity contribution in [2.75, 3.05) is 6.61 Å². The monoisotopic (exact) mass is 204 g/mol. The Balaban J connectivity index is 2.08. The van der Waals surface area contributed by atoms with Crippen LogP contribution in [0, 0.1) is 0 Å². The molecule has 1 heterocycles. The van der Waals surface area contributed by atoms with Crippen LogP contribution < -0.4 is 5.32 Å². The Labute approximate surface area is 89.1 Å². The maximum atomic E-state index is 8.88. The first-order chi connectivity index (χ1) is 7.29. The van der Waals surface area contributed by atoms with Crippen LogP contribution in [0.5, 0.6) is 0 Å². The fourth-order valence-electron chi connectivity index (χ4n) is 1.57. The predicted octanol–water partition coefficient (Wildman–Crippen LogP) is 1.64. The van der Waals surface area contributed by atoms with Gasteiger partial charge in [0.25, 0.3) is 0 Å². The third kappa shape index (κ3) is 2.37. The highest BCUT2D eigenvalue weighted by Gasteiger charge is 2.00. The van der Waals surface area contributed by atoms with E-state index in [1.54, 1.807) is 0 Å². The van der Waals surface area contributed by atoms with Crippen LogP contribution in [0.4, 0.5) is 0 Å². The van der Waals surface area contributed by atoms with Crippen molar-refractivity contribution < 1.29 is 5.11 Å². The van der Waals surface area contributed by atoms with Gasteiger partial charge in [-0.2, -0.15) is 0 Å². The Bertz CT molecular complexity index is 436. The normalized spacial score (nSPS) is 13.2. The number of hydrogen-bond donors (Lipinski definition) is 3. The van der Waals surface area contributed by atoms with Crippen molar-refractivity contribution in [3.63, 3.8) is 0 Å². The van der Waals surface area contributed by atoms with Gasteiger partial charge in [-0.3, -0.25) is 0 Å². The van der Waals surface area contributed by atoms with Crippen LogP contribution in [0.1, 0.15) is 12.5 Å². The summed E-state index contributed by atoms with van der Waals surface area (Å²) in [5.41, 5.74) is 2.40. The molecule has 15 heavy (non-hydrogen) atoms. The summed E-state index contributed by atoms with van der Waals surface area (Å²) in [6.45, 7) is 2.93. The molecule has 0 fully saturated rings. The molecule has 0 aliphatic heterocycles. The number of hydrogen-bond acceptors (Lipinski definition) is 2. The summed E-state index contributed by atoms with van der Waals surface area (Å²) in [6, 6.07) is 8.54. The van der Waals surface area contributed by atoms with E-state index in [0.717, 1.165) is 12.1 Å². The molecule has 2 rings (SSSR count). The highest BCUT2D eigenvalue weighted by Crippen LogP contribution is 2.14. The lowest BCUT2D eigenvalue weighted by atomic mass is 10.1. The molecular weight excluding hydrogens is 188 g/mol. The van der Waals surface area contributed by atoms with Gasteiger partial charge in [-0.05, 0) is 36.1 Å². The summed E-state index contributed by atoms with van der Waals surface area (Å²) in [5, 5.41) is 13.4. The van der Waals surface area contributed by atoms with E-state index in [4.69, 9.17) is 5.11 Å². The number of rotatable bonds is 4.